The van der Waals surface area contributed by atoms with Crippen molar-refractivity contribution in [2.75, 3.05) is 6.61 Å². The van der Waals surface area contributed by atoms with E-state index in [-0.39, 0.29) is 18.2 Å². The second kappa shape index (κ2) is 4.59. The first kappa shape index (κ1) is 11.7. The van der Waals surface area contributed by atoms with Crippen molar-refractivity contribution in [1.29, 1.82) is 0 Å². The fraction of sp³-hybridized carbons (Fsp3) is 0.308. The van der Waals surface area contributed by atoms with Crippen molar-refractivity contribution in [3.63, 3.8) is 0 Å². The SMILES string of the molecule is Cc1c[nH]c(=O)n1-c1ccccc1C(C)CO. The molecule has 90 valence electrons. The van der Waals surface area contributed by atoms with Gasteiger partial charge in [0.2, 0.25) is 0 Å². The summed E-state index contributed by atoms with van der Waals surface area (Å²) in [6.07, 6.45) is 1.68. The number of aliphatic hydroxyl groups is 1. The van der Waals surface area contributed by atoms with Crippen molar-refractivity contribution in [1.82, 2.24) is 9.55 Å². The van der Waals surface area contributed by atoms with Crippen LogP contribution < -0.4 is 5.69 Å². The van der Waals surface area contributed by atoms with E-state index >= 15 is 0 Å². The first-order valence-electron chi connectivity index (χ1n) is 5.62. The fourth-order valence-corrected chi connectivity index (χ4v) is 1.96. The maximum atomic E-state index is 11.7. The molecule has 0 amide bonds. The molecular weight excluding hydrogens is 216 g/mol. The van der Waals surface area contributed by atoms with E-state index in [1.54, 1.807) is 10.8 Å². The average Bonchev–Trinajstić information content (AvgIpc) is 2.68. The molecule has 0 saturated carbocycles. The molecule has 17 heavy (non-hydrogen) atoms. The Bertz CT molecular complexity index is 569. The third-order valence-electron chi connectivity index (χ3n) is 2.94. The Labute approximate surface area is 99.5 Å². The van der Waals surface area contributed by atoms with Gasteiger partial charge in [0.1, 0.15) is 0 Å². The number of hydrogen-bond acceptors (Lipinski definition) is 2. The first-order chi connectivity index (χ1) is 8.15. The van der Waals surface area contributed by atoms with E-state index in [9.17, 15) is 9.90 Å². The molecule has 4 nitrogen and oxygen atoms in total. The molecule has 0 aliphatic rings. The van der Waals surface area contributed by atoms with E-state index in [4.69, 9.17) is 0 Å². The molecule has 0 bridgehead atoms. The minimum atomic E-state index is -0.153. The summed E-state index contributed by atoms with van der Waals surface area (Å²) in [6, 6.07) is 7.64. The molecule has 0 saturated heterocycles. The van der Waals surface area contributed by atoms with Crippen molar-refractivity contribution in [3.05, 3.63) is 52.2 Å². The largest absolute Gasteiger partial charge is 0.396 e. The van der Waals surface area contributed by atoms with Gasteiger partial charge in [-0.15, -0.1) is 0 Å². The van der Waals surface area contributed by atoms with Gasteiger partial charge in [-0.25, -0.2) is 4.79 Å². The molecule has 1 aromatic carbocycles. The van der Waals surface area contributed by atoms with Crippen LogP contribution in [0.1, 0.15) is 24.1 Å². The lowest BCUT2D eigenvalue weighted by atomic mass is 10.00. The molecule has 1 unspecified atom stereocenters. The minimum Gasteiger partial charge on any atom is -0.396 e. The number of hydrogen-bond donors (Lipinski definition) is 2. The third-order valence-corrected chi connectivity index (χ3v) is 2.94. The molecule has 4 heteroatoms. The molecule has 2 aromatic rings. The Morgan fingerprint density at radius 1 is 1.41 bits per heavy atom. The number of aromatic nitrogens is 2. The minimum absolute atomic E-state index is 0.00685. The van der Waals surface area contributed by atoms with Crippen molar-refractivity contribution < 1.29 is 5.11 Å². The third kappa shape index (κ3) is 2.03. The number of benzene rings is 1. The van der Waals surface area contributed by atoms with Gasteiger partial charge in [0.05, 0.1) is 5.69 Å². The van der Waals surface area contributed by atoms with Crippen LogP contribution in [-0.2, 0) is 0 Å². The van der Waals surface area contributed by atoms with Gasteiger partial charge in [-0.2, -0.15) is 0 Å². The summed E-state index contributed by atoms with van der Waals surface area (Å²) in [6.45, 7) is 3.87. The molecule has 2 N–H and O–H groups in total. The topological polar surface area (TPSA) is 58.0 Å². The zero-order chi connectivity index (χ0) is 12.4. The summed E-state index contributed by atoms with van der Waals surface area (Å²) in [5.41, 5.74) is 2.50. The van der Waals surface area contributed by atoms with Crippen molar-refractivity contribution in [3.8, 4) is 5.69 Å². The lowest BCUT2D eigenvalue weighted by molar-refractivity contribution is 0.273. The van der Waals surface area contributed by atoms with Crippen molar-refractivity contribution >= 4 is 0 Å². The van der Waals surface area contributed by atoms with Crippen LogP contribution in [0.2, 0.25) is 0 Å². The van der Waals surface area contributed by atoms with Gasteiger partial charge >= 0.3 is 5.69 Å². The number of aromatic amines is 1. The molecular formula is C13H16N2O2. The number of H-pyrrole nitrogens is 1. The van der Waals surface area contributed by atoms with Gasteiger partial charge in [-0.05, 0) is 18.6 Å². The maximum Gasteiger partial charge on any atom is 0.330 e. The van der Waals surface area contributed by atoms with Gasteiger partial charge < -0.3 is 10.1 Å². The summed E-state index contributed by atoms with van der Waals surface area (Å²) in [5, 5.41) is 9.25. The molecule has 1 atom stereocenters. The van der Waals surface area contributed by atoms with Crippen LogP contribution in [0.4, 0.5) is 0 Å². The van der Waals surface area contributed by atoms with Crippen LogP contribution in [0.5, 0.6) is 0 Å². The first-order valence-corrected chi connectivity index (χ1v) is 5.62. The number of para-hydroxylation sites is 1. The number of nitrogens with one attached hydrogen (secondary N) is 1. The predicted molar refractivity (Wildman–Crippen MR) is 66.6 cm³/mol. The Morgan fingerprint density at radius 2 is 2.12 bits per heavy atom. The Balaban J connectivity index is 2.64. The molecule has 1 heterocycles. The van der Waals surface area contributed by atoms with Crippen LogP contribution in [0, 0.1) is 6.92 Å². The zero-order valence-electron chi connectivity index (χ0n) is 9.97. The van der Waals surface area contributed by atoms with Crippen LogP contribution in [0.15, 0.2) is 35.3 Å². The lowest BCUT2D eigenvalue weighted by Gasteiger charge is -2.15. The Kier molecular flexibility index (Phi) is 3.15. The zero-order valence-corrected chi connectivity index (χ0v) is 9.97. The fourth-order valence-electron chi connectivity index (χ4n) is 1.96. The lowest BCUT2D eigenvalue weighted by Crippen LogP contribution is -2.18. The van der Waals surface area contributed by atoms with E-state index in [0.717, 1.165) is 16.9 Å². The van der Waals surface area contributed by atoms with Crippen LogP contribution in [-0.4, -0.2) is 21.3 Å². The van der Waals surface area contributed by atoms with Crippen molar-refractivity contribution in [2.24, 2.45) is 0 Å². The molecule has 0 fully saturated rings. The van der Waals surface area contributed by atoms with Crippen molar-refractivity contribution in [2.45, 2.75) is 19.8 Å². The van der Waals surface area contributed by atoms with E-state index in [0.29, 0.717) is 0 Å². The van der Waals surface area contributed by atoms with Gasteiger partial charge in [0.25, 0.3) is 0 Å². The monoisotopic (exact) mass is 232 g/mol. The van der Waals surface area contributed by atoms with E-state index in [1.807, 2.05) is 38.1 Å². The summed E-state index contributed by atoms with van der Waals surface area (Å²) in [5.74, 6) is 0.00685. The number of rotatable bonds is 3. The normalized spacial score (nSPS) is 12.6. The molecule has 2 rings (SSSR count). The Morgan fingerprint density at radius 3 is 2.71 bits per heavy atom. The molecule has 0 aliphatic heterocycles. The maximum absolute atomic E-state index is 11.7. The smallest absolute Gasteiger partial charge is 0.330 e. The highest BCUT2D eigenvalue weighted by atomic mass is 16.3. The number of imidazole rings is 1. The van der Waals surface area contributed by atoms with E-state index in [1.165, 1.54) is 0 Å². The van der Waals surface area contributed by atoms with Gasteiger partial charge in [0.15, 0.2) is 0 Å². The van der Waals surface area contributed by atoms with Gasteiger partial charge in [-0.3, -0.25) is 4.57 Å². The van der Waals surface area contributed by atoms with Gasteiger partial charge in [0, 0.05) is 24.4 Å². The predicted octanol–water partition coefficient (Wildman–Crippen LogP) is 1.57. The molecule has 0 aliphatic carbocycles. The Hall–Kier alpha value is -1.81. The number of aliphatic hydroxyl groups excluding tert-OH is 1. The number of aryl methyl sites for hydroxylation is 1. The molecule has 1 aromatic heterocycles. The highest BCUT2D eigenvalue weighted by Crippen LogP contribution is 2.22. The van der Waals surface area contributed by atoms with E-state index < -0.39 is 0 Å². The summed E-state index contributed by atoms with van der Waals surface area (Å²) >= 11 is 0. The molecule has 0 radical (unpaired) electrons. The highest BCUT2D eigenvalue weighted by Gasteiger charge is 2.13. The second-order valence-electron chi connectivity index (χ2n) is 4.21. The van der Waals surface area contributed by atoms with Crippen LogP contribution in [0.3, 0.4) is 0 Å². The van der Waals surface area contributed by atoms with Gasteiger partial charge in [-0.1, -0.05) is 25.1 Å². The highest BCUT2D eigenvalue weighted by molar-refractivity contribution is 5.44. The summed E-state index contributed by atoms with van der Waals surface area (Å²) in [7, 11) is 0. The summed E-state index contributed by atoms with van der Waals surface area (Å²) in [4.78, 5) is 14.4. The quantitative estimate of drug-likeness (QED) is 0.844. The average molecular weight is 232 g/mol. The van der Waals surface area contributed by atoms with Crippen LogP contribution >= 0.6 is 0 Å². The number of nitrogens with zero attached hydrogens (tertiary/aromatic N) is 1. The standard InChI is InChI=1S/C13H16N2O2/c1-9(8-16)11-5-3-4-6-12(11)15-10(2)7-14-13(15)17/h3-7,9,16H,8H2,1-2H3,(H,14,17). The van der Waals surface area contributed by atoms with E-state index in [2.05, 4.69) is 4.98 Å². The second-order valence-corrected chi connectivity index (χ2v) is 4.21. The van der Waals surface area contributed by atoms with Crippen LogP contribution in [0.25, 0.3) is 5.69 Å². The summed E-state index contributed by atoms with van der Waals surface area (Å²) < 4.78 is 1.63. The molecule has 0 spiro atoms.